The predicted octanol–water partition coefficient (Wildman–Crippen LogP) is 1.73. The van der Waals surface area contributed by atoms with E-state index in [9.17, 15) is 18.3 Å². The first kappa shape index (κ1) is 12.0. The van der Waals surface area contributed by atoms with Crippen LogP contribution in [0.2, 0.25) is 0 Å². The molecule has 6 heteroatoms. The molecule has 0 spiro atoms. The van der Waals surface area contributed by atoms with Gasteiger partial charge in [0.05, 0.1) is 0 Å². The lowest BCUT2D eigenvalue weighted by Gasteiger charge is -2.38. The molecule has 1 heterocycles. The summed E-state index contributed by atoms with van der Waals surface area (Å²) in [6, 6.07) is 4.36. The summed E-state index contributed by atoms with van der Waals surface area (Å²) < 4.78 is 38.5. The molecular weight excluding hydrogens is 233 g/mol. The molecule has 0 aliphatic carbocycles. The molecule has 0 saturated carbocycles. The Kier molecular flexibility index (Phi) is 3.15. The van der Waals surface area contributed by atoms with Crippen LogP contribution in [0.4, 0.5) is 18.9 Å². The predicted molar refractivity (Wildman–Crippen MR) is 58.2 cm³/mol. The molecule has 1 aliphatic rings. The average Bonchev–Trinajstić information content (AvgIpc) is 2.28. The van der Waals surface area contributed by atoms with E-state index in [4.69, 9.17) is 0 Å². The summed E-state index contributed by atoms with van der Waals surface area (Å²) in [6.07, 6.45) is -4.28. The molecule has 0 radical (unpaired) electrons. The number of aromatic hydroxyl groups is 1. The van der Waals surface area contributed by atoms with Gasteiger partial charge in [0.25, 0.3) is 0 Å². The van der Waals surface area contributed by atoms with Gasteiger partial charge in [-0.1, -0.05) is 6.07 Å². The van der Waals surface area contributed by atoms with E-state index in [2.05, 4.69) is 5.32 Å². The lowest BCUT2D eigenvalue weighted by Crippen LogP contribution is -2.58. The van der Waals surface area contributed by atoms with E-state index in [0.717, 1.165) is 0 Å². The molecule has 2 rings (SSSR count). The molecule has 0 amide bonds. The molecule has 1 saturated heterocycles. The Morgan fingerprint density at radius 2 is 2.12 bits per heavy atom. The van der Waals surface area contributed by atoms with E-state index < -0.39 is 12.2 Å². The fraction of sp³-hybridized carbons (Fsp3) is 0.455. The highest BCUT2D eigenvalue weighted by Crippen LogP contribution is 2.31. The minimum atomic E-state index is -4.28. The number of anilines is 1. The molecule has 1 aliphatic heterocycles. The van der Waals surface area contributed by atoms with E-state index in [-0.39, 0.29) is 18.8 Å². The summed E-state index contributed by atoms with van der Waals surface area (Å²) in [7, 11) is 0. The summed E-state index contributed by atoms with van der Waals surface area (Å²) in [5.74, 6) is -0.0260. The standard InChI is InChI=1S/C11H13F3N2O/c12-11(13,14)10-7-15-4-5-16(10)8-2-1-3-9(17)6-8/h1-3,6,10,15,17H,4-5,7H2. The number of benzene rings is 1. The van der Waals surface area contributed by atoms with Crippen LogP contribution in [0.3, 0.4) is 0 Å². The van der Waals surface area contributed by atoms with Crippen LogP contribution in [0, 0.1) is 0 Å². The first-order chi connectivity index (χ1) is 7.98. The summed E-state index contributed by atoms with van der Waals surface area (Å²) in [5.41, 5.74) is 0.397. The number of piperazine rings is 1. The third-order valence-electron chi connectivity index (χ3n) is 2.78. The zero-order chi connectivity index (χ0) is 12.5. The van der Waals surface area contributed by atoms with Gasteiger partial charge < -0.3 is 15.3 Å². The fourth-order valence-electron chi connectivity index (χ4n) is 1.98. The number of hydrogen-bond acceptors (Lipinski definition) is 3. The van der Waals surface area contributed by atoms with Gasteiger partial charge in [-0.3, -0.25) is 0 Å². The number of nitrogens with one attached hydrogen (secondary N) is 1. The van der Waals surface area contributed by atoms with Gasteiger partial charge in [0, 0.05) is 31.4 Å². The van der Waals surface area contributed by atoms with Gasteiger partial charge in [-0.15, -0.1) is 0 Å². The molecule has 1 atom stereocenters. The molecule has 1 unspecified atom stereocenters. The maximum Gasteiger partial charge on any atom is 0.409 e. The third-order valence-corrected chi connectivity index (χ3v) is 2.78. The van der Waals surface area contributed by atoms with Crippen LogP contribution < -0.4 is 10.2 Å². The zero-order valence-electron chi connectivity index (χ0n) is 9.04. The van der Waals surface area contributed by atoms with Crippen molar-refractivity contribution in [1.82, 2.24) is 5.32 Å². The molecule has 94 valence electrons. The number of nitrogens with zero attached hydrogens (tertiary/aromatic N) is 1. The highest BCUT2D eigenvalue weighted by atomic mass is 19.4. The topological polar surface area (TPSA) is 35.5 Å². The van der Waals surface area contributed by atoms with Crippen molar-refractivity contribution >= 4 is 5.69 Å². The van der Waals surface area contributed by atoms with Gasteiger partial charge in [-0.05, 0) is 12.1 Å². The maximum atomic E-state index is 12.8. The Bertz CT molecular complexity index is 395. The van der Waals surface area contributed by atoms with Crippen molar-refractivity contribution in [2.24, 2.45) is 0 Å². The smallest absolute Gasteiger partial charge is 0.409 e. The van der Waals surface area contributed by atoms with Crippen LogP contribution in [-0.2, 0) is 0 Å². The second kappa shape index (κ2) is 4.44. The van der Waals surface area contributed by atoms with Gasteiger partial charge in [-0.25, -0.2) is 0 Å². The maximum absolute atomic E-state index is 12.8. The van der Waals surface area contributed by atoms with Crippen molar-refractivity contribution in [1.29, 1.82) is 0 Å². The number of phenols is 1. The zero-order valence-corrected chi connectivity index (χ0v) is 9.04. The number of hydrogen-bond donors (Lipinski definition) is 2. The quantitative estimate of drug-likeness (QED) is 0.792. The Morgan fingerprint density at radius 3 is 2.76 bits per heavy atom. The Labute approximate surface area is 96.9 Å². The van der Waals surface area contributed by atoms with Gasteiger partial charge in [0.15, 0.2) is 0 Å². The molecular formula is C11H13F3N2O. The third kappa shape index (κ3) is 2.63. The van der Waals surface area contributed by atoms with Crippen LogP contribution >= 0.6 is 0 Å². The Balaban J connectivity index is 2.28. The highest BCUT2D eigenvalue weighted by Gasteiger charge is 2.44. The summed E-state index contributed by atoms with van der Waals surface area (Å²) in [6.45, 7) is 0.648. The first-order valence-electron chi connectivity index (χ1n) is 5.31. The van der Waals surface area contributed by atoms with Crippen molar-refractivity contribution in [3.8, 4) is 5.75 Å². The van der Waals surface area contributed by atoms with E-state index in [1.807, 2.05) is 0 Å². The van der Waals surface area contributed by atoms with E-state index in [1.165, 1.54) is 17.0 Å². The second-order valence-electron chi connectivity index (χ2n) is 3.97. The van der Waals surface area contributed by atoms with Gasteiger partial charge in [0.1, 0.15) is 11.8 Å². The van der Waals surface area contributed by atoms with Crippen molar-refractivity contribution in [3.63, 3.8) is 0 Å². The summed E-state index contributed by atoms with van der Waals surface area (Å²) >= 11 is 0. The summed E-state index contributed by atoms with van der Waals surface area (Å²) in [4.78, 5) is 1.27. The number of rotatable bonds is 1. The first-order valence-corrected chi connectivity index (χ1v) is 5.31. The number of phenolic OH excluding ortho intramolecular Hbond substituents is 1. The summed E-state index contributed by atoms with van der Waals surface area (Å²) in [5, 5.41) is 12.0. The molecule has 1 aromatic rings. The molecule has 2 N–H and O–H groups in total. The Morgan fingerprint density at radius 1 is 1.35 bits per heavy atom. The van der Waals surface area contributed by atoms with E-state index >= 15 is 0 Å². The lowest BCUT2D eigenvalue weighted by atomic mass is 10.1. The van der Waals surface area contributed by atoms with Gasteiger partial charge in [0.2, 0.25) is 0 Å². The van der Waals surface area contributed by atoms with Crippen LogP contribution in [0.5, 0.6) is 5.75 Å². The number of alkyl halides is 3. The van der Waals surface area contributed by atoms with Gasteiger partial charge in [-0.2, -0.15) is 13.2 Å². The SMILES string of the molecule is Oc1cccc(N2CCNCC2C(F)(F)F)c1. The molecule has 1 aromatic carbocycles. The minimum absolute atomic E-state index is 0.0260. The average molecular weight is 246 g/mol. The molecule has 3 nitrogen and oxygen atoms in total. The Hall–Kier alpha value is -1.43. The number of halogens is 3. The molecule has 1 fully saturated rings. The minimum Gasteiger partial charge on any atom is -0.508 e. The molecule has 0 bridgehead atoms. The van der Waals surface area contributed by atoms with Crippen molar-refractivity contribution < 1.29 is 18.3 Å². The highest BCUT2D eigenvalue weighted by molar-refractivity contribution is 5.52. The molecule has 17 heavy (non-hydrogen) atoms. The van der Waals surface area contributed by atoms with E-state index in [0.29, 0.717) is 12.2 Å². The van der Waals surface area contributed by atoms with Crippen LogP contribution in [-0.4, -0.2) is 37.0 Å². The van der Waals surface area contributed by atoms with Gasteiger partial charge >= 0.3 is 6.18 Å². The van der Waals surface area contributed by atoms with Crippen LogP contribution in [0.1, 0.15) is 0 Å². The van der Waals surface area contributed by atoms with Crippen molar-refractivity contribution in [3.05, 3.63) is 24.3 Å². The van der Waals surface area contributed by atoms with Crippen molar-refractivity contribution in [2.45, 2.75) is 12.2 Å². The lowest BCUT2D eigenvalue weighted by molar-refractivity contribution is -0.149. The van der Waals surface area contributed by atoms with Crippen LogP contribution in [0.25, 0.3) is 0 Å². The van der Waals surface area contributed by atoms with E-state index in [1.54, 1.807) is 12.1 Å². The molecule has 0 aromatic heterocycles. The normalized spacial score (nSPS) is 21.6. The van der Waals surface area contributed by atoms with Crippen LogP contribution in [0.15, 0.2) is 24.3 Å². The largest absolute Gasteiger partial charge is 0.508 e. The fourth-order valence-corrected chi connectivity index (χ4v) is 1.98. The monoisotopic (exact) mass is 246 g/mol. The van der Waals surface area contributed by atoms with Crippen molar-refractivity contribution in [2.75, 3.05) is 24.5 Å². The second-order valence-corrected chi connectivity index (χ2v) is 3.97.